The lowest BCUT2D eigenvalue weighted by atomic mass is 10.4. The Balaban J connectivity index is 2.56. The van der Waals surface area contributed by atoms with Crippen molar-refractivity contribution in [2.45, 2.75) is 6.54 Å². The van der Waals surface area contributed by atoms with E-state index in [4.69, 9.17) is 0 Å². The zero-order valence-electron chi connectivity index (χ0n) is 10.7. The van der Waals surface area contributed by atoms with Crippen LogP contribution >= 0.6 is 0 Å². The summed E-state index contributed by atoms with van der Waals surface area (Å²) < 4.78 is 1.48. The minimum atomic E-state index is -0.0682. The Bertz CT molecular complexity index is 388. The molecule has 0 aliphatic carbocycles. The molecule has 1 aromatic rings. The van der Waals surface area contributed by atoms with Gasteiger partial charge >= 0.3 is 0 Å². The lowest BCUT2D eigenvalue weighted by molar-refractivity contribution is 0.367. The molecule has 0 bridgehead atoms. The lowest BCUT2D eigenvalue weighted by Gasteiger charge is -2.11. The van der Waals surface area contributed by atoms with Crippen molar-refractivity contribution in [1.82, 2.24) is 20.0 Å². The normalized spacial score (nSPS) is 10.8. The Morgan fingerprint density at radius 2 is 2.18 bits per heavy atom. The molecule has 0 unspecified atom stereocenters. The zero-order chi connectivity index (χ0) is 12.7. The number of nitrogens with zero attached hydrogens (tertiary/aromatic N) is 3. The summed E-state index contributed by atoms with van der Waals surface area (Å²) in [5.41, 5.74) is 0.702. The van der Waals surface area contributed by atoms with Gasteiger partial charge in [-0.15, -0.1) is 0 Å². The standard InChI is InChI=1S/C11H21N5O/c1-12-4-5-13-10-8-11(17)16(14-9-10)7-6-15(2)3/h8-9,12-13H,4-7H2,1-3H3. The predicted octanol–water partition coefficient (Wildman–Crippen LogP) is -0.564. The highest BCUT2D eigenvalue weighted by molar-refractivity contribution is 5.38. The lowest BCUT2D eigenvalue weighted by Crippen LogP contribution is -2.28. The number of likely N-dealkylation sites (N-methyl/N-ethyl adjacent to an activating group) is 2. The van der Waals surface area contributed by atoms with Gasteiger partial charge in [0.1, 0.15) is 0 Å². The SMILES string of the molecule is CNCCNc1cnn(CCN(C)C)c(=O)c1. The summed E-state index contributed by atoms with van der Waals surface area (Å²) in [6.45, 7) is 3.05. The van der Waals surface area contributed by atoms with Crippen molar-refractivity contribution >= 4 is 5.69 Å². The van der Waals surface area contributed by atoms with E-state index in [0.29, 0.717) is 6.54 Å². The molecular weight excluding hydrogens is 218 g/mol. The van der Waals surface area contributed by atoms with Crippen LogP contribution in [0.3, 0.4) is 0 Å². The van der Waals surface area contributed by atoms with E-state index in [1.165, 1.54) is 4.68 Å². The fourth-order valence-corrected chi connectivity index (χ4v) is 1.32. The van der Waals surface area contributed by atoms with Gasteiger partial charge in [0.15, 0.2) is 0 Å². The molecular formula is C11H21N5O. The van der Waals surface area contributed by atoms with Gasteiger partial charge in [-0.3, -0.25) is 4.79 Å². The van der Waals surface area contributed by atoms with E-state index in [9.17, 15) is 4.79 Å². The van der Waals surface area contributed by atoms with Crippen molar-refractivity contribution in [3.05, 3.63) is 22.6 Å². The molecule has 1 aromatic heterocycles. The minimum Gasteiger partial charge on any atom is -0.382 e. The molecule has 17 heavy (non-hydrogen) atoms. The van der Waals surface area contributed by atoms with Gasteiger partial charge in [0, 0.05) is 25.7 Å². The first-order chi connectivity index (χ1) is 8.13. The second kappa shape index (κ2) is 7.03. The molecule has 1 rings (SSSR count). The average Bonchev–Trinajstić information content (AvgIpc) is 2.28. The van der Waals surface area contributed by atoms with Crippen LogP contribution < -0.4 is 16.2 Å². The van der Waals surface area contributed by atoms with E-state index in [-0.39, 0.29) is 5.56 Å². The number of hydrogen-bond donors (Lipinski definition) is 2. The molecule has 6 nitrogen and oxygen atoms in total. The fourth-order valence-electron chi connectivity index (χ4n) is 1.32. The Labute approximate surface area is 102 Å². The van der Waals surface area contributed by atoms with Gasteiger partial charge in [-0.05, 0) is 21.1 Å². The molecule has 0 aliphatic heterocycles. The van der Waals surface area contributed by atoms with Crippen LogP contribution in [0.25, 0.3) is 0 Å². The van der Waals surface area contributed by atoms with Crippen LogP contribution in [-0.2, 0) is 6.54 Å². The molecule has 6 heteroatoms. The van der Waals surface area contributed by atoms with Crippen molar-refractivity contribution in [3.8, 4) is 0 Å². The van der Waals surface area contributed by atoms with Gasteiger partial charge in [-0.1, -0.05) is 0 Å². The average molecular weight is 239 g/mol. The van der Waals surface area contributed by atoms with E-state index in [2.05, 4.69) is 15.7 Å². The molecule has 0 saturated heterocycles. The molecule has 0 amide bonds. The van der Waals surface area contributed by atoms with Gasteiger partial charge < -0.3 is 15.5 Å². The fraction of sp³-hybridized carbons (Fsp3) is 0.636. The Hall–Kier alpha value is -1.40. The quantitative estimate of drug-likeness (QED) is 0.624. The zero-order valence-corrected chi connectivity index (χ0v) is 10.7. The Morgan fingerprint density at radius 1 is 1.41 bits per heavy atom. The summed E-state index contributed by atoms with van der Waals surface area (Å²) in [6.07, 6.45) is 1.69. The van der Waals surface area contributed by atoms with Gasteiger partial charge in [0.2, 0.25) is 0 Å². The van der Waals surface area contributed by atoms with Crippen LogP contribution in [0.15, 0.2) is 17.1 Å². The highest BCUT2D eigenvalue weighted by Gasteiger charge is 2.00. The Morgan fingerprint density at radius 3 is 2.76 bits per heavy atom. The van der Waals surface area contributed by atoms with Gasteiger partial charge in [-0.25, -0.2) is 4.68 Å². The maximum Gasteiger partial charge on any atom is 0.268 e. The number of aromatic nitrogens is 2. The first-order valence-corrected chi connectivity index (χ1v) is 5.74. The van der Waals surface area contributed by atoms with Gasteiger partial charge in [0.05, 0.1) is 18.4 Å². The van der Waals surface area contributed by atoms with E-state index in [1.54, 1.807) is 12.3 Å². The molecule has 1 heterocycles. The summed E-state index contributed by atoms with van der Waals surface area (Å²) in [4.78, 5) is 13.7. The number of anilines is 1. The van der Waals surface area contributed by atoms with E-state index < -0.39 is 0 Å². The van der Waals surface area contributed by atoms with Crippen molar-refractivity contribution < 1.29 is 0 Å². The minimum absolute atomic E-state index is 0.0682. The third kappa shape index (κ3) is 4.97. The summed E-state index contributed by atoms with van der Waals surface area (Å²) in [5, 5.41) is 10.3. The largest absolute Gasteiger partial charge is 0.382 e. The summed E-state index contributed by atoms with van der Waals surface area (Å²) in [7, 11) is 5.83. The second-order valence-corrected chi connectivity index (χ2v) is 4.14. The molecule has 0 atom stereocenters. The van der Waals surface area contributed by atoms with Gasteiger partial charge in [0.25, 0.3) is 5.56 Å². The molecule has 0 radical (unpaired) electrons. The molecule has 0 aromatic carbocycles. The van der Waals surface area contributed by atoms with Crippen molar-refractivity contribution in [3.63, 3.8) is 0 Å². The first kappa shape index (κ1) is 13.7. The number of hydrogen-bond acceptors (Lipinski definition) is 5. The number of rotatable bonds is 7. The molecule has 0 spiro atoms. The van der Waals surface area contributed by atoms with Crippen LogP contribution in [0.2, 0.25) is 0 Å². The third-order valence-electron chi connectivity index (χ3n) is 2.33. The molecule has 0 fully saturated rings. The summed E-state index contributed by atoms with van der Waals surface area (Å²) >= 11 is 0. The Kier molecular flexibility index (Phi) is 5.65. The summed E-state index contributed by atoms with van der Waals surface area (Å²) in [5.74, 6) is 0. The maximum absolute atomic E-state index is 11.7. The van der Waals surface area contributed by atoms with Crippen LogP contribution in [0.5, 0.6) is 0 Å². The van der Waals surface area contributed by atoms with Crippen molar-refractivity contribution in [1.29, 1.82) is 0 Å². The van der Waals surface area contributed by atoms with Crippen LogP contribution in [0.4, 0.5) is 5.69 Å². The molecule has 0 saturated carbocycles. The molecule has 96 valence electrons. The highest BCUT2D eigenvalue weighted by atomic mass is 16.1. The van der Waals surface area contributed by atoms with E-state index in [0.717, 1.165) is 25.3 Å². The van der Waals surface area contributed by atoms with Crippen LogP contribution in [0, 0.1) is 0 Å². The van der Waals surface area contributed by atoms with Crippen LogP contribution in [-0.4, -0.2) is 55.5 Å². The van der Waals surface area contributed by atoms with E-state index in [1.807, 2.05) is 26.0 Å². The monoisotopic (exact) mass is 239 g/mol. The van der Waals surface area contributed by atoms with Gasteiger partial charge in [-0.2, -0.15) is 5.10 Å². The second-order valence-electron chi connectivity index (χ2n) is 4.14. The third-order valence-corrected chi connectivity index (χ3v) is 2.33. The maximum atomic E-state index is 11.7. The van der Waals surface area contributed by atoms with Crippen molar-refractivity contribution in [2.75, 3.05) is 46.1 Å². The van der Waals surface area contributed by atoms with E-state index >= 15 is 0 Å². The highest BCUT2D eigenvalue weighted by Crippen LogP contribution is 1.98. The predicted molar refractivity (Wildman–Crippen MR) is 69.5 cm³/mol. The van der Waals surface area contributed by atoms with Crippen LogP contribution in [0.1, 0.15) is 0 Å². The number of nitrogens with one attached hydrogen (secondary N) is 2. The topological polar surface area (TPSA) is 62.2 Å². The first-order valence-electron chi connectivity index (χ1n) is 5.74. The molecule has 0 aliphatic rings. The van der Waals surface area contributed by atoms with Crippen molar-refractivity contribution in [2.24, 2.45) is 0 Å². The molecule has 2 N–H and O–H groups in total. The summed E-state index contributed by atoms with van der Waals surface area (Å²) in [6, 6.07) is 1.58. The smallest absolute Gasteiger partial charge is 0.268 e.